The first-order valence-corrected chi connectivity index (χ1v) is 9.63. The molecule has 0 aliphatic heterocycles. The highest BCUT2D eigenvalue weighted by Crippen LogP contribution is 2.30. The zero-order valence-corrected chi connectivity index (χ0v) is 17.1. The molecule has 0 saturated carbocycles. The van der Waals surface area contributed by atoms with Crippen molar-refractivity contribution in [2.45, 2.75) is 33.7 Å². The second-order valence-electron chi connectivity index (χ2n) is 7.04. The van der Waals surface area contributed by atoms with Crippen molar-refractivity contribution in [2.75, 3.05) is 18.4 Å². The number of nitrogens with zero attached hydrogens (tertiary/aromatic N) is 3. The van der Waals surface area contributed by atoms with Crippen molar-refractivity contribution in [2.24, 2.45) is 0 Å². The van der Waals surface area contributed by atoms with E-state index in [0.29, 0.717) is 30.3 Å². The van der Waals surface area contributed by atoms with Crippen LogP contribution in [-0.4, -0.2) is 34.1 Å². The molecule has 0 saturated heterocycles. The molecule has 0 fully saturated rings. The molecule has 2 aromatic heterocycles. The largest absolute Gasteiger partial charge is 0.459 e. The summed E-state index contributed by atoms with van der Waals surface area (Å²) in [6.45, 7) is 6.76. The highest BCUT2D eigenvalue weighted by Gasteiger charge is 2.23. The van der Waals surface area contributed by atoms with Gasteiger partial charge in [-0.25, -0.2) is 0 Å². The van der Waals surface area contributed by atoms with Gasteiger partial charge < -0.3 is 19.1 Å². The fourth-order valence-corrected chi connectivity index (χ4v) is 3.15. The summed E-state index contributed by atoms with van der Waals surface area (Å²) in [5, 5.41) is 22.1. The Balaban J connectivity index is 1.71. The highest BCUT2D eigenvalue weighted by molar-refractivity contribution is 5.95. The molecule has 0 spiro atoms. The molecule has 10 nitrogen and oxygen atoms in total. The number of nitro benzene ring substituents is 1. The van der Waals surface area contributed by atoms with Crippen LogP contribution < -0.4 is 10.2 Å². The third-order valence-corrected chi connectivity index (χ3v) is 4.79. The van der Waals surface area contributed by atoms with Crippen LogP contribution >= 0.6 is 0 Å². The standard InChI is InChI=1S/C20H23N5O5/c1-4-9-24(12-18-22-23-20(30-18)16-6-5-10-29-16)11-17(26)21-19-14(3)13(2)7-8-15(19)25(27)28/h5-8,10H,4,9,11-12H2,1-3H3,(H,21,26)/p+1. The van der Waals surface area contributed by atoms with E-state index in [0.717, 1.165) is 16.9 Å². The van der Waals surface area contributed by atoms with Gasteiger partial charge in [-0.1, -0.05) is 13.0 Å². The Labute approximate surface area is 173 Å². The molecule has 0 aliphatic rings. The average Bonchev–Trinajstić information content (AvgIpc) is 3.37. The number of carbonyl (C=O) groups is 1. The van der Waals surface area contributed by atoms with E-state index >= 15 is 0 Å². The molecule has 1 aromatic carbocycles. The quantitative estimate of drug-likeness (QED) is 0.406. The van der Waals surface area contributed by atoms with Gasteiger partial charge in [-0.05, 0) is 43.5 Å². The number of hydrogen-bond donors (Lipinski definition) is 2. The van der Waals surface area contributed by atoms with Crippen LogP contribution in [0.15, 0.2) is 39.4 Å². The molecule has 0 bridgehead atoms. The number of amides is 1. The van der Waals surface area contributed by atoms with Crippen LogP contribution in [-0.2, 0) is 11.3 Å². The normalized spacial score (nSPS) is 12.0. The van der Waals surface area contributed by atoms with Gasteiger partial charge in [0.15, 0.2) is 18.8 Å². The van der Waals surface area contributed by atoms with E-state index < -0.39 is 4.92 Å². The number of nitro groups is 1. The lowest BCUT2D eigenvalue weighted by molar-refractivity contribution is -0.907. The van der Waals surface area contributed by atoms with Crippen LogP contribution in [0.1, 0.15) is 30.4 Å². The molecule has 1 amide bonds. The predicted molar refractivity (Wildman–Crippen MR) is 108 cm³/mol. The zero-order chi connectivity index (χ0) is 21.7. The Morgan fingerprint density at radius 2 is 2.07 bits per heavy atom. The zero-order valence-electron chi connectivity index (χ0n) is 17.1. The number of furan rings is 1. The lowest BCUT2D eigenvalue weighted by Gasteiger charge is -2.17. The van der Waals surface area contributed by atoms with E-state index in [-0.39, 0.29) is 29.7 Å². The van der Waals surface area contributed by atoms with Gasteiger partial charge in [0.25, 0.3) is 23.4 Å². The predicted octanol–water partition coefficient (Wildman–Crippen LogP) is 2.29. The first-order valence-electron chi connectivity index (χ1n) is 9.63. The minimum atomic E-state index is -0.493. The Morgan fingerprint density at radius 3 is 2.73 bits per heavy atom. The molecule has 0 radical (unpaired) electrons. The van der Waals surface area contributed by atoms with Gasteiger partial charge in [-0.2, -0.15) is 0 Å². The summed E-state index contributed by atoms with van der Waals surface area (Å²) in [4.78, 5) is 24.4. The number of benzene rings is 1. The van der Waals surface area contributed by atoms with Crippen molar-refractivity contribution < 1.29 is 23.5 Å². The molecule has 2 N–H and O–H groups in total. The van der Waals surface area contributed by atoms with Crippen molar-refractivity contribution >= 4 is 17.3 Å². The Morgan fingerprint density at radius 1 is 1.27 bits per heavy atom. The number of nitrogens with one attached hydrogen (secondary N) is 2. The van der Waals surface area contributed by atoms with Crippen LogP contribution in [0.5, 0.6) is 0 Å². The number of aromatic nitrogens is 2. The van der Waals surface area contributed by atoms with E-state index in [2.05, 4.69) is 15.5 Å². The third kappa shape index (κ3) is 4.90. The monoisotopic (exact) mass is 414 g/mol. The smallest absolute Gasteiger partial charge is 0.293 e. The lowest BCUT2D eigenvalue weighted by Crippen LogP contribution is -3.11. The van der Waals surface area contributed by atoms with Gasteiger partial charge in [-0.3, -0.25) is 14.9 Å². The molecule has 30 heavy (non-hydrogen) atoms. The maximum atomic E-state index is 12.7. The van der Waals surface area contributed by atoms with Crippen LogP contribution in [0.3, 0.4) is 0 Å². The summed E-state index contributed by atoms with van der Waals surface area (Å²) in [5.41, 5.74) is 1.65. The van der Waals surface area contributed by atoms with E-state index in [9.17, 15) is 14.9 Å². The molecule has 3 aromatic rings. The molecule has 0 aliphatic carbocycles. The second-order valence-corrected chi connectivity index (χ2v) is 7.04. The van der Waals surface area contributed by atoms with Gasteiger partial charge in [0, 0.05) is 6.07 Å². The molecule has 1 atom stereocenters. The minimum Gasteiger partial charge on any atom is -0.459 e. The topological polar surface area (TPSA) is 129 Å². The second kappa shape index (κ2) is 9.31. The summed E-state index contributed by atoms with van der Waals surface area (Å²) in [6.07, 6.45) is 2.36. The number of aryl methyl sites for hydroxylation is 1. The first-order chi connectivity index (χ1) is 14.4. The van der Waals surface area contributed by atoms with Crippen molar-refractivity contribution in [1.29, 1.82) is 0 Å². The van der Waals surface area contributed by atoms with E-state index in [1.54, 1.807) is 25.1 Å². The van der Waals surface area contributed by atoms with Crippen LogP contribution in [0, 0.1) is 24.0 Å². The summed E-state index contributed by atoms with van der Waals surface area (Å²) >= 11 is 0. The summed E-state index contributed by atoms with van der Waals surface area (Å²) in [7, 11) is 0. The third-order valence-electron chi connectivity index (χ3n) is 4.79. The molecule has 2 heterocycles. The molecule has 158 valence electrons. The summed E-state index contributed by atoms with van der Waals surface area (Å²) in [6, 6.07) is 6.52. The van der Waals surface area contributed by atoms with E-state index in [1.165, 1.54) is 12.3 Å². The van der Waals surface area contributed by atoms with E-state index in [1.807, 2.05) is 13.8 Å². The summed E-state index contributed by atoms with van der Waals surface area (Å²) < 4.78 is 10.9. The van der Waals surface area contributed by atoms with Gasteiger partial charge in [0.1, 0.15) is 5.69 Å². The number of quaternary nitrogens is 1. The van der Waals surface area contributed by atoms with Crippen LogP contribution in [0.4, 0.5) is 11.4 Å². The number of hydrogen-bond acceptors (Lipinski definition) is 7. The molecular formula is C20H24N5O5+. The maximum absolute atomic E-state index is 12.7. The van der Waals surface area contributed by atoms with Gasteiger partial charge in [-0.15, -0.1) is 10.2 Å². The van der Waals surface area contributed by atoms with E-state index in [4.69, 9.17) is 8.83 Å². The van der Waals surface area contributed by atoms with Gasteiger partial charge in [0.05, 0.1) is 17.7 Å². The Hall–Kier alpha value is -3.53. The molecule has 1 unspecified atom stereocenters. The van der Waals surface area contributed by atoms with Crippen LogP contribution in [0.25, 0.3) is 11.7 Å². The SMILES string of the molecule is CCC[NH+](CC(=O)Nc1c([N+](=O)[O-])ccc(C)c1C)Cc1nnc(-c2ccco2)o1. The van der Waals surface area contributed by atoms with Gasteiger partial charge in [0.2, 0.25) is 0 Å². The van der Waals surface area contributed by atoms with Crippen molar-refractivity contribution in [3.05, 3.63) is 57.7 Å². The summed E-state index contributed by atoms with van der Waals surface area (Å²) in [5.74, 6) is 0.823. The number of carbonyl (C=O) groups excluding carboxylic acids is 1. The fourth-order valence-electron chi connectivity index (χ4n) is 3.15. The number of anilines is 1. The molecule has 10 heteroatoms. The Bertz CT molecular complexity index is 1030. The van der Waals surface area contributed by atoms with Crippen molar-refractivity contribution in [3.63, 3.8) is 0 Å². The van der Waals surface area contributed by atoms with Gasteiger partial charge >= 0.3 is 0 Å². The number of rotatable bonds is 9. The Kier molecular flexibility index (Phi) is 6.58. The van der Waals surface area contributed by atoms with Crippen molar-refractivity contribution in [1.82, 2.24) is 10.2 Å². The van der Waals surface area contributed by atoms with Crippen LogP contribution in [0.2, 0.25) is 0 Å². The average molecular weight is 414 g/mol. The first kappa shape index (κ1) is 21.2. The van der Waals surface area contributed by atoms with Crippen molar-refractivity contribution in [3.8, 4) is 11.7 Å². The molecule has 3 rings (SSSR count). The highest BCUT2D eigenvalue weighted by atomic mass is 16.6. The minimum absolute atomic E-state index is 0.108. The maximum Gasteiger partial charge on any atom is 0.293 e. The fraction of sp³-hybridized carbons (Fsp3) is 0.350. The lowest BCUT2D eigenvalue weighted by atomic mass is 10.1. The molecular weight excluding hydrogens is 390 g/mol.